The number of hydrogen-bond donors (Lipinski definition) is 1. The van der Waals surface area contributed by atoms with Gasteiger partial charge in [0.2, 0.25) is 10.0 Å². The predicted octanol–water partition coefficient (Wildman–Crippen LogP) is 1.30. The molecule has 0 aromatic heterocycles. The molecule has 0 amide bonds. The second-order valence-electron chi connectivity index (χ2n) is 2.45. The molecule has 1 aromatic rings. The largest absolute Gasteiger partial charge is 0.238 e. The second-order valence-corrected chi connectivity index (χ2v) is 4.42. The highest BCUT2D eigenvalue weighted by Crippen LogP contribution is 2.18. The van der Waals surface area contributed by atoms with Crippen molar-refractivity contribution in [2.45, 2.75) is 11.8 Å². The maximum Gasteiger partial charge on any atom is 0.238 e. The maximum absolute atomic E-state index is 10.9. The fraction of sp³-hybridized carbons (Fsp3) is 0.143. The molecular weight excluding hydrogens is 198 g/mol. The first-order valence-corrected chi connectivity index (χ1v) is 5.12. The van der Waals surface area contributed by atoms with Crippen molar-refractivity contribution in [2.24, 2.45) is 5.14 Å². The van der Waals surface area contributed by atoms with E-state index < -0.39 is 10.0 Å². The molecule has 3 nitrogen and oxygen atoms in total. The Balaban J connectivity index is 3.43. The van der Waals surface area contributed by atoms with Gasteiger partial charge < -0.3 is 0 Å². The van der Waals surface area contributed by atoms with Gasteiger partial charge in [-0.2, -0.15) is 0 Å². The summed E-state index contributed by atoms with van der Waals surface area (Å²) in [5.41, 5.74) is 0.599. The van der Waals surface area contributed by atoms with Crippen molar-refractivity contribution in [1.29, 1.82) is 0 Å². The number of sulfonamides is 1. The van der Waals surface area contributed by atoms with Crippen molar-refractivity contribution in [3.05, 3.63) is 28.8 Å². The molecular formula is C7H8ClNO2S. The number of primary sulfonamides is 1. The highest BCUT2D eigenvalue weighted by Gasteiger charge is 2.10. The highest BCUT2D eigenvalue weighted by atomic mass is 35.5. The van der Waals surface area contributed by atoms with E-state index in [1.807, 2.05) is 0 Å². The van der Waals surface area contributed by atoms with Crippen LogP contribution in [0.25, 0.3) is 0 Å². The Kier molecular flexibility index (Phi) is 2.41. The van der Waals surface area contributed by atoms with Gasteiger partial charge in [0.1, 0.15) is 0 Å². The maximum atomic E-state index is 10.9. The van der Waals surface area contributed by atoms with Crippen LogP contribution in [0.1, 0.15) is 5.56 Å². The molecule has 0 aliphatic carbocycles. The SMILES string of the molecule is Cc1ccc(Cl)cc1S(N)(=O)=O. The molecule has 0 saturated carbocycles. The molecule has 0 atom stereocenters. The first-order chi connectivity index (χ1) is 5.41. The summed E-state index contributed by atoms with van der Waals surface area (Å²) in [6, 6.07) is 4.57. The summed E-state index contributed by atoms with van der Waals surface area (Å²) in [7, 11) is -3.64. The van der Waals surface area contributed by atoms with Crippen LogP contribution in [-0.4, -0.2) is 8.42 Å². The zero-order chi connectivity index (χ0) is 9.35. The van der Waals surface area contributed by atoms with Crippen LogP contribution >= 0.6 is 11.6 Å². The topological polar surface area (TPSA) is 60.2 Å². The first kappa shape index (κ1) is 9.51. The minimum absolute atomic E-state index is 0.0787. The average Bonchev–Trinajstić information content (AvgIpc) is 1.92. The molecule has 0 radical (unpaired) electrons. The van der Waals surface area contributed by atoms with Crippen LogP contribution in [0.2, 0.25) is 5.02 Å². The molecule has 5 heteroatoms. The Morgan fingerprint density at radius 1 is 1.42 bits per heavy atom. The summed E-state index contributed by atoms with van der Waals surface area (Å²) in [5, 5.41) is 5.31. The number of halogens is 1. The molecule has 0 aliphatic heterocycles. The first-order valence-electron chi connectivity index (χ1n) is 3.20. The summed E-state index contributed by atoms with van der Waals surface area (Å²) in [6.07, 6.45) is 0. The molecule has 1 aromatic carbocycles. The van der Waals surface area contributed by atoms with E-state index in [4.69, 9.17) is 16.7 Å². The number of benzene rings is 1. The summed E-state index contributed by atoms with van der Waals surface area (Å²) < 4.78 is 21.9. The Morgan fingerprint density at radius 3 is 2.42 bits per heavy atom. The van der Waals surface area contributed by atoms with E-state index in [0.717, 1.165) is 0 Å². The number of rotatable bonds is 1. The molecule has 0 fully saturated rings. The zero-order valence-corrected chi connectivity index (χ0v) is 7.98. The van der Waals surface area contributed by atoms with Crippen LogP contribution in [0, 0.1) is 6.92 Å². The normalized spacial score (nSPS) is 11.6. The van der Waals surface area contributed by atoms with E-state index in [2.05, 4.69) is 0 Å². The fourth-order valence-corrected chi connectivity index (χ4v) is 1.93. The van der Waals surface area contributed by atoms with Crippen molar-refractivity contribution in [3.8, 4) is 0 Å². The standard InChI is InChI=1S/C7H8ClNO2S/c1-5-2-3-6(8)4-7(5)12(9,10)11/h2-4H,1H3,(H2,9,10,11). The van der Waals surface area contributed by atoms with Gasteiger partial charge >= 0.3 is 0 Å². The van der Waals surface area contributed by atoms with Gasteiger partial charge in [-0.3, -0.25) is 0 Å². The van der Waals surface area contributed by atoms with E-state index in [1.165, 1.54) is 6.07 Å². The van der Waals surface area contributed by atoms with Crippen LogP contribution in [0.3, 0.4) is 0 Å². The van der Waals surface area contributed by atoms with Gasteiger partial charge in [0.05, 0.1) is 4.90 Å². The Labute approximate surface area is 76.2 Å². The number of nitrogens with two attached hydrogens (primary N) is 1. The van der Waals surface area contributed by atoms with Crippen LogP contribution in [0.5, 0.6) is 0 Å². The van der Waals surface area contributed by atoms with Crippen LogP contribution in [0.4, 0.5) is 0 Å². The lowest BCUT2D eigenvalue weighted by atomic mass is 10.2. The van der Waals surface area contributed by atoms with Gasteiger partial charge in [-0.05, 0) is 24.6 Å². The van der Waals surface area contributed by atoms with Crippen molar-refractivity contribution in [3.63, 3.8) is 0 Å². The predicted molar refractivity (Wildman–Crippen MR) is 47.6 cm³/mol. The zero-order valence-electron chi connectivity index (χ0n) is 6.41. The number of aryl methyl sites for hydroxylation is 1. The summed E-state index contributed by atoms with van der Waals surface area (Å²) in [6.45, 7) is 1.66. The van der Waals surface area contributed by atoms with Gasteiger partial charge in [-0.25, -0.2) is 13.6 Å². The lowest BCUT2D eigenvalue weighted by molar-refractivity contribution is 0.597. The van der Waals surface area contributed by atoms with Gasteiger partial charge in [-0.1, -0.05) is 17.7 Å². The van der Waals surface area contributed by atoms with Crippen LogP contribution < -0.4 is 5.14 Å². The van der Waals surface area contributed by atoms with E-state index in [-0.39, 0.29) is 4.90 Å². The summed E-state index contributed by atoms with van der Waals surface area (Å²) >= 11 is 5.60. The third-order valence-corrected chi connectivity index (χ3v) is 2.74. The monoisotopic (exact) mass is 205 g/mol. The van der Waals surface area contributed by atoms with Gasteiger partial charge in [-0.15, -0.1) is 0 Å². The summed E-state index contributed by atoms with van der Waals surface area (Å²) in [4.78, 5) is 0.0787. The minimum atomic E-state index is -3.64. The lowest BCUT2D eigenvalue weighted by Crippen LogP contribution is -2.13. The molecule has 1 rings (SSSR count). The van der Waals surface area contributed by atoms with E-state index >= 15 is 0 Å². The molecule has 0 bridgehead atoms. The van der Waals surface area contributed by atoms with Crippen molar-refractivity contribution < 1.29 is 8.42 Å². The molecule has 0 spiro atoms. The highest BCUT2D eigenvalue weighted by molar-refractivity contribution is 7.89. The Hall–Kier alpha value is -0.580. The molecule has 0 aliphatic rings. The van der Waals surface area contributed by atoms with E-state index in [9.17, 15) is 8.42 Å². The Morgan fingerprint density at radius 2 is 2.00 bits per heavy atom. The van der Waals surface area contributed by atoms with E-state index in [1.54, 1.807) is 19.1 Å². The molecule has 0 heterocycles. The van der Waals surface area contributed by atoms with Crippen LogP contribution in [0.15, 0.2) is 23.1 Å². The molecule has 66 valence electrons. The van der Waals surface area contributed by atoms with E-state index in [0.29, 0.717) is 10.6 Å². The van der Waals surface area contributed by atoms with Gasteiger partial charge in [0.25, 0.3) is 0 Å². The average molecular weight is 206 g/mol. The third-order valence-electron chi connectivity index (χ3n) is 1.46. The smallest absolute Gasteiger partial charge is 0.225 e. The third kappa shape index (κ3) is 1.97. The summed E-state index contributed by atoms with van der Waals surface area (Å²) in [5.74, 6) is 0. The van der Waals surface area contributed by atoms with Crippen molar-refractivity contribution in [2.75, 3.05) is 0 Å². The minimum Gasteiger partial charge on any atom is -0.225 e. The quantitative estimate of drug-likeness (QED) is 0.751. The van der Waals surface area contributed by atoms with Crippen molar-refractivity contribution >= 4 is 21.6 Å². The van der Waals surface area contributed by atoms with Gasteiger partial charge in [0, 0.05) is 5.02 Å². The lowest BCUT2D eigenvalue weighted by Gasteiger charge is -2.02. The second kappa shape index (κ2) is 3.05. The Bertz CT molecular complexity index is 400. The number of hydrogen-bond acceptors (Lipinski definition) is 2. The molecule has 12 heavy (non-hydrogen) atoms. The van der Waals surface area contributed by atoms with Crippen molar-refractivity contribution in [1.82, 2.24) is 0 Å². The van der Waals surface area contributed by atoms with Gasteiger partial charge in [0.15, 0.2) is 0 Å². The molecule has 0 unspecified atom stereocenters. The van der Waals surface area contributed by atoms with Crippen LogP contribution in [-0.2, 0) is 10.0 Å². The molecule has 0 saturated heterocycles. The molecule has 2 N–H and O–H groups in total. The fourth-order valence-electron chi connectivity index (χ4n) is 0.880.